The fourth-order valence-electron chi connectivity index (χ4n) is 2.81. The SMILES string of the molecule is Cc1nc(-c2ccc(CCNC(=O)CCc3nnc(-c4ccccc4)o3)s2)cs1. The predicted octanol–water partition coefficient (Wildman–Crippen LogP) is 4.52. The van der Waals surface area contributed by atoms with E-state index in [1.165, 1.54) is 9.75 Å². The van der Waals surface area contributed by atoms with Crippen LogP contribution in [-0.2, 0) is 17.6 Å². The van der Waals surface area contributed by atoms with Crippen molar-refractivity contribution < 1.29 is 9.21 Å². The summed E-state index contributed by atoms with van der Waals surface area (Å²) in [6.07, 6.45) is 1.56. The lowest BCUT2D eigenvalue weighted by molar-refractivity contribution is -0.121. The van der Waals surface area contributed by atoms with Crippen LogP contribution in [0.3, 0.4) is 0 Å². The van der Waals surface area contributed by atoms with Gasteiger partial charge in [-0.1, -0.05) is 18.2 Å². The summed E-state index contributed by atoms with van der Waals surface area (Å²) >= 11 is 3.38. The molecule has 1 aromatic carbocycles. The lowest BCUT2D eigenvalue weighted by atomic mass is 10.2. The van der Waals surface area contributed by atoms with Gasteiger partial charge in [0.1, 0.15) is 0 Å². The van der Waals surface area contributed by atoms with E-state index in [1.807, 2.05) is 37.3 Å². The number of hydrogen-bond acceptors (Lipinski definition) is 7. The quantitative estimate of drug-likeness (QED) is 0.450. The minimum absolute atomic E-state index is 0.0173. The average Bonchev–Trinajstić information content (AvgIpc) is 3.48. The molecule has 0 unspecified atom stereocenters. The maximum atomic E-state index is 12.1. The standard InChI is InChI=1S/C21H20N4O2S2/c1-14-23-17(13-28-14)18-8-7-16(29-18)11-12-22-19(26)9-10-20-24-25-21(27-20)15-5-3-2-4-6-15/h2-8,13H,9-12H2,1H3,(H,22,26). The molecule has 0 aliphatic rings. The van der Waals surface area contributed by atoms with Crippen LogP contribution in [0.2, 0.25) is 0 Å². The molecule has 3 heterocycles. The first kappa shape index (κ1) is 19.5. The number of aryl methyl sites for hydroxylation is 2. The first-order chi connectivity index (χ1) is 14.2. The highest BCUT2D eigenvalue weighted by molar-refractivity contribution is 7.16. The van der Waals surface area contributed by atoms with Crippen LogP contribution in [-0.4, -0.2) is 27.6 Å². The van der Waals surface area contributed by atoms with Crippen molar-refractivity contribution in [3.63, 3.8) is 0 Å². The molecule has 4 aromatic rings. The van der Waals surface area contributed by atoms with E-state index in [9.17, 15) is 4.79 Å². The topological polar surface area (TPSA) is 80.9 Å². The molecule has 8 heteroatoms. The highest BCUT2D eigenvalue weighted by Crippen LogP contribution is 2.29. The Morgan fingerprint density at radius 1 is 1.10 bits per heavy atom. The van der Waals surface area contributed by atoms with E-state index in [0.717, 1.165) is 22.7 Å². The highest BCUT2D eigenvalue weighted by Gasteiger charge is 2.11. The molecule has 0 aliphatic carbocycles. The maximum Gasteiger partial charge on any atom is 0.247 e. The van der Waals surface area contributed by atoms with Crippen LogP contribution < -0.4 is 5.32 Å². The van der Waals surface area contributed by atoms with Gasteiger partial charge in [0, 0.05) is 35.2 Å². The molecule has 29 heavy (non-hydrogen) atoms. The summed E-state index contributed by atoms with van der Waals surface area (Å²) < 4.78 is 5.63. The average molecular weight is 425 g/mol. The predicted molar refractivity (Wildman–Crippen MR) is 115 cm³/mol. The van der Waals surface area contributed by atoms with E-state index in [4.69, 9.17) is 4.42 Å². The third-order valence-electron chi connectivity index (χ3n) is 4.28. The molecule has 0 saturated carbocycles. The summed E-state index contributed by atoms with van der Waals surface area (Å²) in [7, 11) is 0. The van der Waals surface area contributed by atoms with Gasteiger partial charge in [-0.2, -0.15) is 0 Å². The van der Waals surface area contributed by atoms with Gasteiger partial charge in [0.15, 0.2) is 0 Å². The van der Waals surface area contributed by atoms with Gasteiger partial charge >= 0.3 is 0 Å². The zero-order valence-electron chi connectivity index (χ0n) is 15.9. The first-order valence-electron chi connectivity index (χ1n) is 9.33. The number of hydrogen-bond donors (Lipinski definition) is 1. The molecule has 3 aromatic heterocycles. The van der Waals surface area contributed by atoms with Crippen molar-refractivity contribution in [1.82, 2.24) is 20.5 Å². The fraction of sp³-hybridized carbons (Fsp3) is 0.238. The molecular weight excluding hydrogens is 404 g/mol. The molecule has 0 bridgehead atoms. The number of thiazole rings is 1. The number of carbonyl (C=O) groups is 1. The number of rotatable bonds is 8. The Bertz CT molecular complexity index is 1090. The molecule has 0 aliphatic heterocycles. The van der Waals surface area contributed by atoms with Gasteiger partial charge < -0.3 is 9.73 Å². The number of thiophene rings is 1. The van der Waals surface area contributed by atoms with E-state index >= 15 is 0 Å². The number of benzene rings is 1. The van der Waals surface area contributed by atoms with Crippen molar-refractivity contribution >= 4 is 28.6 Å². The van der Waals surface area contributed by atoms with Crippen LogP contribution in [0.15, 0.2) is 52.3 Å². The van der Waals surface area contributed by atoms with Crippen molar-refractivity contribution in [2.75, 3.05) is 6.54 Å². The van der Waals surface area contributed by atoms with Gasteiger partial charge in [0.05, 0.1) is 15.6 Å². The second-order valence-electron chi connectivity index (χ2n) is 6.48. The second-order valence-corrected chi connectivity index (χ2v) is 8.72. The fourth-order valence-corrected chi connectivity index (χ4v) is 4.47. The molecule has 1 N–H and O–H groups in total. The van der Waals surface area contributed by atoms with Crippen LogP contribution >= 0.6 is 22.7 Å². The van der Waals surface area contributed by atoms with Gasteiger partial charge in [0.2, 0.25) is 17.7 Å². The smallest absolute Gasteiger partial charge is 0.247 e. The number of amides is 1. The first-order valence-corrected chi connectivity index (χ1v) is 11.0. The Morgan fingerprint density at radius 2 is 1.97 bits per heavy atom. The van der Waals surface area contributed by atoms with E-state index in [1.54, 1.807) is 22.7 Å². The molecule has 0 radical (unpaired) electrons. The number of aromatic nitrogens is 3. The summed E-state index contributed by atoms with van der Waals surface area (Å²) in [5, 5.41) is 14.2. The summed E-state index contributed by atoms with van der Waals surface area (Å²) in [4.78, 5) is 19.0. The van der Waals surface area contributed by atoms with Crippen molar-refractivity contribution in [3.8, 4) is 22.0 Å². The zero-order chi connectivity index (χ0) is 20.1. The largest absolute Gasteiger partial charge is 0.421 e. The number of carbonyl (C=O) groups excluding carboxylic acids is 1. The van der Waals surface area contributed by atoms with Crippen molar-refractivity contribution in [2.45, 2.75) is 26.2 Å². The number of nitrogens with zero attached hydrogens (tertiary/aromatic N) is 3. The Morgan fingerprint density at radius 3 is 2.76 bits per heavy atom. The van der Waals surface area contributed by atoms with Crippen LogP contribution in [0, 0.1) is 6.92 Å². The minimum Gasteiger partial charge on any atom is -0.421 e. The normalized spacial score (nSPS) is 10.9. The Kier molecular flexibility index (Phi) is 6.12. The molecule has 1 amide bonds. The van der Waals surface area contributed by atoms with E-state index in [-0.39, 0.29) is 5.91 Å². The van der Waals surface area contributed by atoms with Crippen molar-refractivity contribution in [2.24, 2.45) is 0 Å². The van der Waals surface area contributed by atoms with Crippen LogP contribution in [0.25, 0.3) is 22.0 Å². The monoisotopic (exact) mass is 424 g/mol. The van der Waals surface area contributed by atoms with E-state index < -0.39 is 0 Å². The second kappa shape index (κ2) is 9.11. The van der Waals surface area contributed by atoms with Crippen LogP contribution in [0.4, 0.5) is 0 Å². The van der Waals surface area contributed by atoms with Crippen LogP contribution in [0.1, 0.15) is 22.2 Å². The minimum atomic E-state index is -0.0173. The van der Waals surface area contributed by atoms with Gasteiger partial charge in [-0.25, -0.2) is 4.98 Å². The third-order valence-corrected chi connectivity index (χ3v) is 6.22. The molecule has 148 valence electrons. The molecule has 6 nitrogen and oxygen atoms in total. The molecule has 4 rings (SSSR count). The Labute approximate surface area is 176 Å². The summed E-state index contributed by atoms with van der Waals surface area (Å²) in [6.45, 7) is 2.61. The van der Waals surface area contributed by atoms with Gasteiger partial charge in [-0.05, 0) is 37.6 Å². The van der Waals surface area contributed by atoms with Gasteiger partial charge in [0.25, 0.3) is 0 Å². The third kappa shape index (κ3) is 5.16. The summed E-state index contributed by atoms with van der Waals surface area (Å²) in [5.41, 5.74) is 1.90. The maximum absolute atomic E-state index is 12.1. The van der Waals surface area contributed by atoms with Crippen molar-refractivity contribution in [3.05, 3.63) is 63.6 Å². The molecule has 0 atom stereocenters. The molecular formula is C21H20N4O2S2. The molecule has 0 saturated heterocycles. The van der Waals surface area contributed by atoms with E-state index in [0.29, 0.717) is 31.2 Å². The number of nitrogens with one attached hydrogen (secondary N) is 1. The summed E-state index contributed by atoms with van der Waals surface area (Å²) in [5.74, 6) is 0.932. The van der Waals surface area contributed by atoms with Crippen molar-refractivity contribution in [1.29, 1.82) is 0 Å². The van der Waals surface area contributed by atoms with E-state index in [2.05, 4.69) is 38.0 Å². The lowest BCUT2D eigenvalue weighted by Gasteiger charge is -2.02. The molecule has 0 spiro atoms. The Hall–Kier alpha value is -2.84. The molecule has 0 fully saturated rings. The lowest BCUT2D eigenvalue weighted by Crippen LogP contribution is -2.25. The van der Waals surface area contributed by atoms with Gasteiger partial charge in [-0.3, -0.25) is 4.79 Å². The Balaban J connectivity index is 1.21. The summed E-state index contributed by atoms with van der Waals surface area (Å²) in [6, 6.07) is 13.8. The zero-order valence-corrected chi connectivity index (χ0v) is 17.6. The van der Waals surface area contributed by atoms with Gasteiger partial charge in [-0.15, -0.1) is 32.9 Å². The van der Waals surface area contributed by atoms with Crippen LogP contribution in [0.5, 0.6) is 0 Å². The highest BCUT2D eigenvalue weighted by atomic mass is 32.1.